The predicted octanol–water partition coefficient (Wildman–Crippen LogP) is 2.91. The summed E-state index contributed by atoms with van der Waals surface area (Å²) in [5, 5.41) is 10.2. The highest BCUT2D eigenvalue weighted by atomic mass is 16.6. The molecule has 0 aliphatic rings. The van der Waals surface area contributed by atoms with Gasteiger partial charge in [0.1, 0.15) is 11.6 Å². The lowest BCUT2D eigenvalue weighted by atomic mass is 10.1. The van der Waals surface area contributed by atoms with Crippen molar-refractivity contribution in [3.8, 4) is 5.75 Å². The lowest BCUT2D eigenvalue weighted by Crippen LogP contribution is -2.33. The van der Waals surface area contributed by atoms with Crippen LogP contribution in [0.2, 0.25) is 0 Å². The van der Waals surface area contributed by atoms with Crippen LogP contribution in [0.4, 0.5) is 4.79 Å². The average molecular weight is 253 g/mol. The van der Waals surface area contributed by atoms with Crippen LogP contribution in [0.3, 0.4) is 0 Å². The Morgan fingerprint density at radius 2 is 2.00 bits per heavy atom. The fourth-order valence-electron chi connectivity index (χ4n) is 1.54. The van der Waals surface area contributed by atoms with Gasteiger partial charge in [-0.1, -0.05) is 30.3 Å². The van der Waals surface area contributed by atoms with Gasteiger partial charge in [0.15, 0.2) is 0 Å². The Kier molecular flexibility index (Phi) is 3.93. The molecule has 2 aromatic carbocycles. The maximum atomic E-state index is 11.6. The summed E-state index contributed by atoms with van der Waals surface area (Å²) in [6.45, 7) is 1.87. The molecule has 0 fully saturated rings. The summed E-state index contributed by atoms with van der Waals surface area (Å²) in [5.74, 6) is 0.434. The molecule has 2 aromatic rings. The summed E-state index contributed by atoms with van der Waals surface area (Å²) in [6.07, 6.45) is -0.679. The van der Waals surface area contributed by atoms with Gasteiger partial charge >= 0.3 is 6.09 Å². The second-order valence-electron chi connectivity index (χ2n) is 3.96. The quantitative estimate of drug-likeness (QED) is 0.638. The Balaban J connectivity index is 1.98. The van der Waals surface area contributed by atoms with E-state index in [4.69, 9.17) is 10.1 Å². The Morgan fingerprint density at radius 1 is 1.26 bits per heavy atom. The van der Waals surface area contributed by atoms with Crippen LogP contribution in [0, 0.1) is 18.4 Å². The Hall–Kier alpha value is -2.62. The molecule has 0 bridgehead atoms. The summed E-state index contributed by atoms with van der Waals surface area (Å²) in [7, 11) is 0. The van der Waals surface area contributed by atoms with Crippen LogP contribution in [0.25, 0.3) is 0 Å². The third-order valence-corrected chi connectivity index (χ3v) is 2.42. The van der Waals surface area contributed by atoms with E-state index in [2.05, 4.69) is 11.4 Å². The lowest BCUT2D eigenvalue weighted by molar-refractivity contribution is 0.206. The minimum atomic E-state index is -0.679. The normalized spacial score (nSPS) is 9.74. The van der Waals surface area contributed by atoms with Gasteiger partial charge in [-0.3, -0.25) is 10.7 Å². The van der Waals surface area contributed by atoms with Gasteiger partial charge in [0.25, 0.3) is 0 Å². The van der Waals surface area contributed by atoms with Crippen LogP contribution in [-0.2, 0) is 0 Å². The molecule has 1 amide bonds. The van der Waals surface area contributed by atoms with Crippen LogP contribution in [0.5, 0.6) is 5.75 Å². The van der Waals surface area contributed by atoms with Gasteiger partial charge in [0, 0.05) is 5.56 Å². The molecule has 0 spiro atoms. The smallest absolute Gasteiger partial charge is 0.410 e. The van der Waals surface area contributed by atoms with E-state index >= 15 is 0 Å². The number of rotatable bonds is 2. The first-order valence-electron chi connectivity index (χ1n) is 5.76. The topological polar surface area (TPSA) is 62.2 Å². The molecule has 0 saturated carbocycles. The van der Waals surface area contributed by atoms with E-state index in [1.807, 2.05) is 13.0 Å². The van der Waals surface area contributed by atoms with Gasteiger partial charge in [-0.05, 0) is 36.8 Å². The van der Waals surface area contributed by atoms with Crippen molar-refractivity contribution in [1.82, 2.24) is 5.32 Å². The lowest BCUT2D eigenvalue weighted by Gasteiger charge is -2.08. The summed E-state index contributed by atoms with van der Waals surface area (Å²) in [5.41, 5.74) is 1.52. The van der Waals surface area contributed by atoms with Gasteiger partial charge in [0.2, 0.25) is 0 Å². The van der Waals surface area contributed by atoms with Crippen molar-refractivity contribution in [2.45, 2.75) is 6.92 Å². The molecule has 0 aromatic heterocycles. The number of aryl methyl sites for hydroxylation is 1. The summed E-state index contributed by atoms with van der Waals surface area (Å²) >= 11 is 0. The zero-order valence-corrected chi connectivity index (χ0v) is 10.4. The van der Waals surface area contributed by atoms with Crippen LogP contribution in [0.15, 0.2) is 48.5 Å². The zero-order valence-electron chi connectivity index (χ0n) is 10.4. The second-order valence-corrected chi connectivity index (χ2v) is 3.96. The average Bonchev–Trinajstić information content (AvgIpc) is 2.39. The predicted molar refractivity (Wildman–Crippen MR) is 72.4 cm³/mol. The van der Waals surface area contributed by atoms with E-state index in [9.17, 15) is 4.79 Å². The minimum Gasteiger partial charge on any atom is -0.410 e. The highest BCUT2D eigenvalue weighted by Gasteiger charge is 2.08. The van der Waals surface area contributed by atoms with E-state index < -0.39 is 6.09 Å². The Morgan fingerprint density at radius 3 is 2.68 bits per heavy atom. The highest BCUT2D eigenvalue weighted by molar-refractivity contribution is 6.04. The molecule has 0 heterocycles. The molecule has 0 unspecified atom stereocenters. The highest BCUT2D eigenvalue weighted by Crippen LogP contribution is 2.08. The third-order valence-electron chi connectivity index (χ3n) is 2.42. The van der Waals surface area contributed by atoms with Crippen LogP contribution in [0.1, 0.15) is 11.1 Å². The number of nitrogens with one attached hydrogen (secondary N) is 2. The van der Waals surface area contributed by atoms with E-state index in [1.165, 1.54) is 0 Å². The number of carbonyl (C=O) groups excluding carboxylic acids is 1. The number of para-hydroxylation sites is 1. The summed E-state index contributed by atoms with van der Waals surface area (Å²) < 4.78 is 5.04. The number of amidine groups is 1. The largest absolute Gasteiger partial charge is 0.418 e. The van der Waals surface area contributed by atoms with Gasteiger partial charge in [-0.2, -0.15) is 0 Å². The Bertz CT molecular complexity index is 594. The molecule has 0 aliphatic carbocycles. The number of carbonyl (C=O) groups is 1. The van der Waals surface area contributed by atoms with Crippen molar-refractivity contribution in [2.24, 2.45) is 0 Å². The first-order chi connectivity index (χ1) is 9.15. The summed E-state index contributed by atoms with van der Waals surface area (Å²) in [6, 6.07) is 16.9. The molecule has 4 nitrogen and oxygen atoms in total. The summed E-state index contributed by atoms with van der Waals surface area (Å²) in [4.78, 5) is 11.6. The zero-order chi connectivity index (χ0) is 13.7. The van der Waals surface area contributed by atoms with Crippen molar-refractivity contribution in [3.05, 3.63) is 65.7 Å². The van der Waals surface area contributed by atoms with Crippen molar-refractivity contribution in [2.75, 3.05) is 0 Å². The van der Waals surface area contributed by atoms with Crippen molar-refractivity contribution in [1.29, 1.82) is 5.41 Å². The Labute approximate surface area is 111 Å². The number of benzene rings is 2. The van der Waals surface area contributed by atoms with Crippen LogP contribution >= 0.6 is 0 Å². The molecule has 19 heavy (non-hydrogen) atoms. The molecule has 0 atom stereocenters. The molecule has 95 valence electrons. The molecule has 2 N–H and O–H groups in total. The monoisotopic (exact) mass is 253 g/mol. The number of hydrogen-bond donors (Lipinski definition) is 2. The molecule has 4 heteroatoms. The SMILES string of the molecule is Cc1[c]ccc(C(=N)NC(=O)Oc2ccccc2)c1. The van der Waals surface area contributed by atoms with Gasteiger partial charge in [-0.15, -0.1) is 0 Å². The van der Waals surface area contributed by atoms with Crippen LogP contribution < -0.4 is 10.1 Å². The molecule has 0 aliphatic heterocycles. The molecule has 0 saturated heterocycles. The molecular formula is C15H13N2O2. The number of ether oxygens (including phenoxy) is 1. The standard InChI is InChI=1S/C15H13N2O2/c1-11-6-5-7-12(10-11)14(16)17-15(18)19-13-8-3-2-4-9-13/h2-5,7-10H,1H3,(H2,16,17,18). The van der Waals surface area contributed by atoms with Crippen molar-refractivity contribution in [3.63, 3.8) is 0 Å². The molecule has 2 rings (SSSR count). The number of amides is 1. The van der Waals surface area contributed by atoms with E-state index in [-0.39, 0.29) is 5.84 Å². The van der Waals surface area contributed by atoms with Crippen molar-refractivity contribution >= 4 is 11.9 Å². The first kappa shape index (κ1) is 12.8. The van der Waals surface area contributed by atoms with Crippen molar-refractivity contribution < 1.29 is 9.53 Å². The van der Waals surface area contributed by atoms with E-state index in [1.54, 1.807) is 42.5 Å². The van der Waals surface area contributed by atoms with E-state index in [0.717, 1.165) is 5.56 Å². The molecular weight excluding hydrogens is 240 g/mol. The first-order valence-corrected chi connectivity index (χ1v) is 5.76. The fourth-order valence-corrected chi connectivity index (χ4v) is 1.54. The minimum absolute atomic E-state index is 0.00182. The third kappa shape index (κ3) is 3.67. The van der Waals surface area contributed by atoms with Gasteiger partial charge < -0.3 is 4.74 Å². The van der Waals surface area contributed by atoms with Crippen LogP contribution in [-0.4, -0.2) is 11.9 Å². The fraction of sp³-hybridized carbons (Fsp3) is 0.0667. The second kappa shape index (κ2) is 5.82. The van der Waals surface area contributed by atoms with Gasteiger partial charge in [-0.25, -0.2) is 4.79 Å². The van der Waals surface area contributed by atoms with Gasteiger partial charge in [0.05, 0.1) is 0 Å². The number of hydrogen-bond acceptors (Lipinski definition) is 3. The van der Waals surface area contributed by atoms with E-state index in [0.29, 0.717) is 11.3 Å². The maximum Gasteiger partial charge on any atom is 0.418 e. The maximum absolute atomic E-state index is 11.6. The molecule has 1 radical (unpaired) electrons.